The van der Waals surface area contributed by atoms with E-state index in [0.29, 0.717) is 6.54 Å². The molecule has 1 amide bonds. The summed E-state index contributed by atoms with van der Waals surface area (Å²) in [5, 5.41) is 4.20. The third-order valence-corrected chi connectivity index (χ3v) is 2.71. The molecule has 0 aromatic carbocycles. The van der Waals surface area contributed by atoms with E-state index < -0.39 is 5.60 Å². The fourth-order valence-corrected chi connectivity index (χ4v) is 1.95. The zero-order valence-corrected chi connectivity index (χ0v) is 12.6. The number of hydrogen-bond donors (Lipinski definition) is 0. The van der Waals surface area contributed by atoms with Crippen molar-refractivity contribution in [3.05, 3.63) is 18.5 Å². The fraction of sp³-hybridized carbons (Fsp3) is 0.714. The normalized spacial score (nSPS) is 18.8. The van der Waals surface area contributed by atoms with E-state index in [2.05, 4.69) is 5.10 Å². The number of likely N-dealkylation sites (tertiary alicyclic amines) is 1. The van der Waals surface area contributed by atoms with Crippen molar-refractivity contribution in [1.82, 2.24) is 14.7 Å². The number of carbonyl (C=O) groups excluding carboxylic acids is 1. The van der Waals surface area contributed by atoms with Crippen molar-refractivity contribution >= 4 is 6.09 Å². The maximum absolute atomic E-state index is 11.9. The van der Waals surface area contributed by atoms with Gasteiger partial charge in [-0.2, -0.15) is 5.10 Å². The van der Waals surface area contributed by atoms with Crippen LogP contribution in [-0.4, -0.2) is 39.5 Å². The van der Waals surface area contributed by atoms with E-state index >= 15 is 0 Å². The molecule has 5 heteroatoms. The van der Waals surface area contributed by atoms with Crippen LogP contribution in [0.5, 0.6) is 0 Å². The molecule has 1 aliphatic heterocycles. The number of hydrogen-bond acceptors (Lipinski definition) is 3. The molecular weight excluding hydrogens is 242 g/mol. The minimum Gasteiger partial charge on any atom is -0.444 e. The summed E-state index contributed by atoms with van der Waals surface area (Å²) in [6, 6.07) is 2.17. The molecule has 0 N–H and O–H groups in total. The van der Waals surface area contributed by atoms with Gasteiger partial charge in [0.1, 0.15) is 5.60 Å². The molecule has 0 radical (unpaired) electrons. The molecule has 2 rings (SSSR count). The summed E-state index contributed by atoms with van der Waals surface area (Å²) < 4.78 is 7.25. The van der Waals surface area contributed by atoms with Crippen LogP contribution in [0.25, 0.3) is 0 Å². The number of amides is 1. The molecule has 1 aromatic rings. The molecule has 0 bridgehead atoms. The van der Waals surface area contributed by atoms with Gasteiger partial charge in [0.25, 0.3) is 0 Å². The summed E-state index contributed by atoms with van der Waals surface area (Å²) in [7, 11) is 0. The molecule has 1 unspecified atom stereocenters. The molecule has 2 heterocycles. The molecule has 1 aromatic heterocycles. The van der Waals surface area contributed by atoms with Crippen molar-refractivity contribution in [3.8, 4) is 0 Å². The SMILES string of the molecule is CC.CC(C)(C)OC(=O)N1CCC(n2cccn2)C1. The fourth-order valence-electron chi connectivity index (χ4n) is 1.95. The average molecular weight is 267 g/mol. The zero-order valence-electron chi connectivity index (χ0n) is 12.6. The predicted molar refractivity (Wildman–Crippen MR) is 75.0 cm³/mol. The molecule has 0 aliphatic carbocycles. The Hall–Kier alpha value is -1.52. The van der Waals surface area contributed by atoms with Gasteiger partial charge in [-0.1, -0.05) is 13.8 Å². The highest BCUT2D eigenvalue weighted by molar-refractivity contribution is 5.68. The Labute approximate surface area is 115 Å². The van der Waals surface area contributed by atoms with Crippen LogP contribution in [-0.2, 0) is 4.74 Å². The van der Waals surface area contributed by atoms with Crippen LogP contribution >= 0.6 is 0 Å². The first-order valence-electron chi connectivity index (χ1n) is 6.93. The van der Waals surface area contributed by atoms with Crippen LogP contribution < -0.4 is 0 Å². The quantitative estimate of drug-likeness (QED) is 0.785. The van der Waals surface area contributed by atoms with Gasteiger partial charge in [0.15, 0.2) is 0 Å². The lowest BCUT2D eigenvalue weighted by Crippen LogP contribution is -2.35. The first-order valence-corrected chi connectivity index (χ1v) is 6.93. The highest BCUT2D eigenvalue weighted by Crippen LogP contribution is 2.22. The van der Waals surface area contributed by atoms with Gasteiger partial charge < -0.3 is 9.64 Å². The molecule has 5 nitrogen and oxygen atoms in total. The molecule has 108 valence electrons. The Kier molecular flexibility index (Phi) is 5.39. The first kappa shape index (κ1) is 15.5. The van der Waals surface area contributed by atoms with E-state index in [1.807, 2.05) is 51.6 Å². The zero-order chi connectivity index (χ0) is 14.5. The largest absolute Gasteiger partial charge is 0.444 e. The minimum atomic E-state index is -0.430. The van der Waals surface area contributed by atoms with Crippen molar-refractivity contribution in [2.24, 2.45) is 0 Å². The first-order chi connectivity index (χ1) is 8.96. The molecule has 1 saturated heterocycles. The van der Waals surface area contributed by atoms with Gasteiger partial charge in [-0.25, -0.2) is 4.79 Å². The van der Waals surface area contributed by atoms with Gasteiger partial charge in [-0.15, -0.1) is 0 Å². The molecule has 19 heavy (non-hydrogen) atoms. The number of rotatable bonds is 1. The van der Waals surface area contributed by atoms with Crippen LogP contribution in [0.1, 0.15) is 47.1 Å². The third-order valence-electron chi connectivity index (χ3n) is 2.71. The number of nitrogens with zero attached hydrogens (tertiary/aromatic N) is 3. The van der Waals surface area contributed by atoms with Crippen molar-refractivity contribution in [2.75, 3.05) is 13.1 Å². The summed E-state index contributed by atoms with van der Waals surface area (Å²) >= 11 is 0. The van der Waals surface area contributed by atoms with Gasteiger partial charge in [-0.3, -0.25) is 4.68 Å². The molecular formula is C14H25N3O2. The lowest BCUT2D eigenvalue weighted by molar-refractivity contribution is 0.0288. The summed E-state index contributed by atoms with van der Waals surface area (Å²) in [4.78, 5) is 13.6. The number of carbonyl (C=O) groups is 1. The lowest BCUT2D eigenvalue weighted by Gasteiger charge is -2.24. The van der Waals surface area contributed by atoms with E-state index in [4.69, 9.17) is 4.74 Å². The van der Waals surface area contributed by atoms with Crippen LogP contribution in [0, 0.1) is 0 Å². The predicted octanol–water partition coefficient (Wildman–Crippen LogP) is 3.09. The third kappa shape index (κ3) is 4.58. The van der Waals surface area contributed by atoms with E-state index in [-0.39, 0.29) is 12.1 Å². The van der Waals surface area contributed by atoms with E-state index in [1.54, 1.807) is 11.1 Å². The smallest absolute Gasteiger partial charge is 0.410 e. The monoisotopic (exact) mass is 267 g/mol. The topological polar surface area (TPSA) is 47.4 Å². The number of ether oxygens (including phenoxy) is 1. The summed E-state index contributed by atoms with van der Waals surface area (Å²) in [6.07, 6.45) is 4.40. The molecule has 1 atom stereocenters. The highest BCUT2D eigenvalue weighted by Gasteiger charge is 2.30. The Bertz CT molecular complexity index is 382. The second-order valence-corrected chi connectivity index (χ2v) is 5.35. The molecule has 1 fully saturated rings. The van der Waals surface area contributed by atoms with Crippen molar-refractivity contribution in [3.63, 3.8) is 0 Å². The maximum Gasteiger partial charge on any atom is 0.410 e. The summed E-state index contributed by atoms with van der Waals surface area (Å²) in [6.45, 7) is 11.1. The Morgan fingerprint density at radius 2 is 2.05 bits per heavy atom. The summed E-state index contributed by atoms with van der Waals surface area (Å²) in [5.41, 5.74) is -0.430. The molecule has 1 aliphatic rings. The van der Waals surface area contributed by atoms with Gasteiger partial charge in [0.2, 0.25) is 0 Å². The van der Waals surface area contributed by atoms with Gasteiger partial charge in [-0.05, 0) is 33.3 Å². The van der Waals surface area contributed by atoms with Gasteiger partial charge in [0.05, 0.1) is 6.04 Å². The van der Waals surface area contributed by atoms with Crippen LogP contribution in [0.2, 0.25) is 0 Å². The second-order valence-electron chi connectivity index (χ2n) is 5.35. The van der Waals surface area contributed by atoms with Crippen LogP contribution in [0.3, 0.4) is 0 Å². The average Bonchev–Trinajstić information content (AvgIpc) is 3.00. The van der Waals surface area contributed by atoms with E-state index in [9.17, 15) is 4.79 Å². The molecule has 0 saturated carbocycles. The highest BCUT2D eigenvalue weighted by atomic mass is 16.6. The Morgan fingerprint density at radius 3 is 2.58 bits per heavy atom. The lowest BCUT2D eigenvalue weighted by atomic mass is 10.2. The number of aromatic nitrogens is 2. The standard InChI is InChI=1S/C12H19N3O2.C2H6/c1-12(2,3)17-11(16)14-8-5-10(9-14)15-7-4-6-13-15;1-2/h4,6-7,10H,5,8-9H2,1-3H3;1-2H3. The van der Waals surface area contributed by atoms with Crippen molar-refractivity contribution in [1.29, 1.82) is 0 Å². The Morgan fingerprint density at radius 1 is 1.37 bits per heavy atom. The van der Waals surface area contributed by atoms with Crippen molar-refractivity contribution in [2.45, 2.75) is 52.7 Å². The second kappa shape index (κ2) is 6.59. The van der Waals surface area contributed by atoms with E-state index in [1.165, 1.54) is 0 Å². The van der Waals surface area contributed by atoms with Crippen LogP contribution in [0.4, 0.5) is 4.79 Å². The minimum absolute atomic E-state index is 0.229. The maximum atomic E-state index is 11.9. The Balaban J connectivity index is 0.000000861. The molecule has 0 spiro atoms. The van der Waals surface area contributed by atoms with E-state index in [0.717, 1.165) is 13.0 Å². The summed E-state index contributed by atoms with van der Waals surface area (Å²) in [5.74, 6) is 0. The van der Waals surface area contributed by atoms with Crippen molar-refractivity contribution < 1.29 is 9.53 Å². The van der Waals surface area contributed by atoms with Gasteiger partial charge >= 0.3 is 6.09 Å². The van der Waals surface area contributed by atoms with Gasteiger partial charge in [0, 0.05) is 25.5 Å². The van der Waals surface area contributed by atoms with Crippen LogP contribution in [0.15, 0.2) is 18.5 Å².